The maximum Gasteiger partial charge on any atom is 0.303 e. The Morgan fingerprint density at radius 3 is 2.24 bits per heavy atom. The number of carbonyl (C=O) groups is 3. The summed E-state index contributed by atoms with van der Waals surface area (Å²) in [4.78, 5) is 35.8. The van der Waals surface area contributed by atoms with Crippen molar-refractivity contribution in [2.24, 2.45) is 28.6 Å². The molecule has 6 nitrogen and oxygen atoms in total. The molecule has 0 aromatic rings. The summed E-state index contributed by atoms with van der Waals surface area (Å²) >= 11 is 7.27. The van der Waals surface area contributed by atoms with Crippen LogP contribution in [0.2, 0.25) is 0 Å². The monoisotopic (exact) mass is 480 g/mol. The van der Waals surface area contributed by atoms with Crippen molar-refractivity contribution in [2.75, 3.05) is 0 Å². The van der Waals surface area contributed by atoms with Gasteiger partial charge in [-0.15, -0.1) is 11.6 Å². The fraction of sp³-hybridized carbons (Fsp3) is 0.808. The van der Waals surface area contributed by atoms with Crippen LogP contribution >= 0.6 is 11.6 Å². The minimum Gasteiger partial charge on any atom is -0.462 e. The Morgan fingerprint density at radius 2 is 1.67 bits per heavy atom. The van der Waals surface area contributed by atoms with Crippen molar-refractivity contribution < 1.29 is 29.0 Å². The lowest BCUT2D eigenvalue weighted by molar-refractivity contribution is -0.195. The molecule has 1 N–H and O–H groups in total. The van der Waals surface area contributed by atoms with E-state index in [2.05, 4.69) is 20.4 Å². The third kappa shape index (κ3) is 3.19. The van der Waals surface area contributed by atoms with Gasteiger partial charge in [0.05, 0.1) is 11.0 Å². The van der Waals surface area contributed by atoms with Crippen LogP contribution < -0.4 is 0 Å². The molecule has 4 rings (SSSR count). The minimum atomic E-state index is -1.32. The first kappa shape index (κ1) is 24.7. The van der Waals surface area contributed by atoms with E-state index in [1.165, 1.54) is 20.8 Å². The first-order valence-electron chi connectivity index (χ1n) is 12.2. The fourth-order valence-corrected chi connectivity index (χ4v) is 9.10. The van der Waals surface area contributed by atoms with Gasteiger partial charge in [-0.2, -0.15) is 0 Å². The van der Waals surface area contributed by atoms with Gasteiger partial charge in [0, 0.05) is 25.7 Å². The molecule has 4 aliphatic carbocycles. The van der Waals surface area contributed by atoms with Gasteiger partial charge in [-0.3, -0.25) is 14.4 Å². The number of Topliss-reactive ketones (excluding diaryl/α,β-unsaturated/α-hetero) is 1. The Bertz CT molecular complexity index is 901. The standard InChI is InChI=1S/C26H37ClO6/c1-14-11-21-19-12-22(31)25(27)13-18(32-16(3)29)7-9-23(25,5)20(19)8-10-24(21,6)26(14,15(2)28)33-17(4)30/h18-22,31H,1,7-13H2,2-6H3/t18-,19+,20-,21-,22+,23+,24-,25-,26-/m0/s1. The summed E-state index contributed by atoms with van der Waals surface area (Å²) in [5, 5.41) is 11.4. The molecule has 0 radical (unpaired) electrons. The molecule has 0 aliphatic heterocycles. The highest BCUT2D eigenvalue weighted by molar-refractivity contribution is 6.25. The molecular weight excluding hydrogens is 444 g/mol. The van der Waals surface area contributed by atoms with Crippen molar-refractivity contribution >= 4 is 29.3 Å². The zero-order chi connectivity index (χ0) is 24.6. The zero-order valence-corrected chi connectivity index (χ0v) is 21.2. The van der Waals surface area contributed by atoms with Crippen LogP contribution in [0, 0.1) is 28.6 Å². The molecule has 0 aromatic carbocycles. The average Bonchev–Trinajstić information content (AvgIpc) is 2.92. The van der Waals surface area contributed by atoms with Crippen LogP contribution in [0.5, 0.6) is 0 Å². The summed E-state index contributed by atoms with van der Waals surface area (Å²) in [6.07, 6.45) is 3.53. The van der Waals surface area contributed by atoms with Crippen molar-refractivity contribution in [3.05, 3.63) is 12.2 Å². The van der Waals surface area contributed by atoms with E-state index in [-0.39, 0.29) is 41.0 Å². The van der Waals surface area contributed by atoms with Crippen LogP contribution in [-0.2, 0) is 23.9 Å². The molecule has 0 spiro atoms. The summed E-state index contributed by atoms with van der Waals surface area (Å²) in [7, 11) is 0. The van der Waals surface area contributed by atoms with E-state index >= 15 is 0 Å². The number of aliphatic hydroxyl groups is 1. The number of esters is 2. The second-order valence-corrected chi connectivity index (χ2v) is 12.2. The van der Waals surface area contributed by atoms with Crippen LogP contribution in [0.15, 0.2) is 12.2 Å². The lowest BCUT2D eigenvalue weighted by atomic mass is 9.43. The SMILES string of the molecule is C=C1C[C@H]2[C@@H]3C[C@@H](O)[C@@]4(Cl)C[C@@H](OC(C)=O)CC[C@]4(C)[C@H]3CC[C@]2(C)[C@@]1(OC(C)=O)C(C)=O. The molecule has 4 saturated carbocycles. The quantitative estimate of drug-likeness (QED) is 0.367. The summed E-state index contributed by atoms with van der Waals surface area (Å²) < 4.78 is 11.3. The van der Waals surface area contributed by atoms with Gasteiger partial charge in [0.2, 0.25) is 0 Å². The van der Waals surface area contributed by atoms with E-state index in [1.807, 2.05) is 0 Å². The predicted octanol–water partition coefficient (Wildman–Crippen LogP) is 4.35. The molecule has 0 unspecified atom stereocenters. The number of halogens is 1. The molecule has 0 saturated heterocycles. The number of hydrogen-bond acceptors (Lipinski definition) is 6. The topological polar surface area (TPSA) is 89.9 Å². The highest BCUT2D eigenvalue weighted by atomic mass is 35.5. The third-order valence-electron chi connectivity index (χ3n) is 10.0. The van der Waals surface area contributed by atoms with E-state index in [0.29, 0.717) is 24.8 Å². The number of carbonyl (C=O) groups excluding carboxylic acids is 3. The Kier molecular flexibility index (Phi) is 5.85. The van der Waals surface area contributed by atoms with Crippen LogP contribution in [0.25, 0.3) is 0 Å². The van der Waals surface area contributed by atoms with E-state index in [9.17, 15) is 19.5 Å². The number of rotatable bonds is 3. The largest absolute Gasteiger partial charge is 0.462 e. The van der Waals surface area contributed by atoms with Gasteiger partial charge in [0.25, 0.3) is 0 Å². The average molecular weight is 481 g/mol. The fourth-order valence-electron chi connectivity index (χ4n) is 8.61. The zero-order valence-electron chi connectivity index (χ0n) is 20.4. The summed E-state index contributed by atoms with van der Waals surface area (Å²) in [5.41, 5.74) is -1.55. The van der Waals surface area contributed by atoms with Gasteiger partial charge in [-0.25, -0.2) is 0 Å². The molecular formula is C26H37ClO6. The Morgan fingerprint density at radius 1 is 1.03 bits per heavy atom. The first-order chi connectivity index (χ1) is 15.2. The van der Waals surface area contributed by atoms with Crippen LogP contribution in [0.1, 0.15) is 79.6 Å². The molecule has 184 valence electrons. The van der Waals surface area contributed by atoms with Gasteiger partial charge in [0.15, 0.2) is 11.4 Å². The highest BCUT2D eigenvalue weighted by Crippen LogP contribution is 2.71. The lowest BCUT2D eigenvalue weighted by Crippen LogP contribution is -2.67. The van der Waals surface area contributed by atoms with E-state index < -0.39 is 28.0 Å². The van der Waals surface area contributed by atoms with Crippen molar-refractivity contribution in [2.45, 2.75) is 102 Å². The smallest absolute Gasteiger partial charge is 0.303 e. The molecule has 0 aromatic heterocycles. The molecule has 7 heteroatoms. The van der Waals surface area contributed by atoms with Gasteiger partial charge >= 0.3 is 11.9 Å². The number of aliphatic hydroxyl groups excluding tert-OH is 1. The highest BCUT2D eigenvalue weighted by Gasteiger charge is 2.72. The second kappa shape index (κ2) is 7.81. The summed E-state index contributed by atoms with van der Waals surface area (Å²) in [6.45, 7) is 12.7. The number of hydrogen-bond donors (Lipinski definition) is 1. The minimum absolute atomic E-state index is 0.0610. The normalized spacial score (nSPS) is 48.8. The van der Waals surface area contributed by atoms with Crippen molar-refractivity contribution in [3.8, 4) is 0 Å². The maximum absolute atomic E-state index is 13.0. The third-order valence-corrected chi connectivity index (χ3v) is 10.9. The molecule has 0 heterocycles. The first-order valence-corrected chi connectivity index (χ1v) is 12.5. The maximum atomic E-state index is 13.0. The van der Waals surface area contributed by atoms with Gasteiger partial charge < -0.3 is 14.6 Å². The van der Waals surface area contributed by atoms with Crippen LogP contribution in [0.3, 0.4) is 0 Å². The summed E-state index contributed by atoms with van der Waals surface area (Å²) in [6, 6.07) is 0. The Hall–Kier alpha value is -1.40. The van der Waals surface area contributed by atoms with Gasteiger partial charge in [-0.1, -0.05) is 20.4 Å². The summed E-state index contributed by atoms with van der Waals surface area (Å²) in [5.74, 6) is -0.532. The Labute approximate surface area is 201 Å². The van der Waals surface area contributed by atoms with E-state index in [0.717, 1.165) is 25.7 Å². The van der Waals surface area contributed by atoms with Crippen molar-refractivity contribution in [1.82, 2.24) is 0 Å². The number of alkyl halides is 1. The molecule has 0 amide bonds. The van der Waals surface area contributed by atoms with Crippen LogP contribution in [-0.4, -0.2) is 45.5 Å². The molecule has 0 bridgehead atoms. The van der Waals surface area contributed by atoms with E-state index in [1.54, 1.807) is 0 Å². The van der Waals surface area contributed by atoms with Crippen LogP contribution in [0.4, 0.5) is 0 Å². The van der Waals surface area contributed by atoms with E-state index in [4.69, 9.17) is 21.1 Å². The lowest BCUT2D eigenvalue weighted by Gasteiger charge is -2.65. The number of fused-ring (bicyclic) bond motifs is 5. The molecule has 9 atom stereocenters. The molecule has 33 heavy (non-hydrogen) atoms. The molecule has 4 fully saturated rings. The van der Waals surface area contributed by atoms with Crippen molar-refractivity contribution in [3.63, 3.8) is 0 Å². The number of ketones is 1. The van der Waals surface area contributed by atoms with Crippen molar-refractivity contribution in [1.29, 1.82) is 0 Å². The molecule has 4 aliphatic rings. The Balaban J connectivity index is 1.71. The van der Waals surface area contributed by atoms with Gasteiger partial charge in [0.1, 0.15) is 6.10 Å². The number of ether oxygens (including phenoxy) is 2. The predicted molar refractivity (Wildman–Crippen MR) is 123 cm³/mol. The second-order valence-electron chi connectivity index (χ2n) is 11.5. The van der Waals surface area contributed by atoms with Gasteiger partial charge in [-0.05, 0) is 74.2 Å².